The number of morpholine rings is 1. The summed E-state index contributed by atoms with van der Waals surface area (Å²) in [5.41, 5.74) is 6.05. The van der Waals surface area contributed by atoms with Crippen molar-refractivity contribution in [2.45, 2.75) is 66.0 Å². The van der Waals surface area contributed by atoms with E-state index >= 15 is 0 Å². The van der Waals surface area contributed by atoms with Crippen LogP contribution in [0.25, 0.3) is 0 Å². The zero-order chi connectivity index (χ0) is 35.7. The van der Waals surface area contributed by atoms with Gasteiger partial charge in [0, 0.05) is 30.7 Å². The molecule has 4 aromatic rings. The van der Waals surface area contributed by atoms with Crippen LogP contribution in [0, 0.1) is 44.0 Å². The monoisotopic (exact) mass is 677 g/mol. The van der Waals surface area contributed by atoms with Gasteiger partial charge in [-0.05, 0) is 98.0 Å². The fourth-order valence-corrected chi connectivity index (χ4v) is 5.55. The van der Waals surface area contributed by atoms with Gasteiger partial charge in [-0.2, -0.15) is 0 Å². The van der Waals surface area contributed by atoms with Crippen LogP contribution in [0.3, 0.4) is 0 Å². The topological polar surface area (TPSA) is 72.0 Å². The van der Waals surface area contributed by atoms with E-state index in [0.29, 0.717) is 18.7 Å². The van der Waals surface area contributed by atoms with E-state index < -0.39 is 41.2 Å². The van der Waals surface area contributed by atoms with E-state index in [4.69, 9.17) is 14.5 Å². The van der Waals surface area contributed by atoms with Crippen LogP contribution >= 0.6 is 0 Å². The Morgan fingerprint density at radius 3 is 2.22 bits per heavy atom. The van der Waals surface area contributed by atoms with Gasteiger partial charge in [-0.1, -0.05) is 38.1 Å². The number of rotatable bonds is 10. The third-order valence-electron chi connectivity index (χ3n) is 8.31. The number of para-hydroxylation sites is 1. The number of carbonyl (C=O) groups excluding carboxylic acids is 1. The second-order valence-corrected chi connectivity index (χ2v) is 11.9. The van der Waals surface area contributed by atoms with Crippen molar-refractivity contribution in [3.05, 3.63) is 124 Å². The number of hydrogen-bond acceptors (Lipinski definition) is 5. The third-order valence-corrected chi connectivity index (χ3v) is 8.31. The Hall–Kier alpha value is -4.54. The number of nitrogens with one attached hydrogen (secondary N) is 2. The lowest BCUT2D eigenvalue weighted by Gasteiger charge is -2.30. The largest absolute Gasteiger partial charge is 0.486 e. The van der Waals surface area contributed by atoms with Crippen LogP contribution < -0.4 is 15.4 Å². The Bertz CT molecular complexity index is 1750. The Balaban J connectivity index is 0.00000265. The van der Waals surface area contributed by atoms with E-state index in [1.165, 1.54) is 53.6 Å². The van der Waals surface area contributed by atoms with Gasteiger partial charge in [0.15, 0.2) is 11.6 Å². The number of halogens is 4. The van der Waals surface area contributed by atoms with Crippen molar-refractivity contribution in [1.29, 1.82) is 0 Å². The molecule has 0 bridgehead atoms. The number of anilines is 1. The molecular formula is C39H43F4N3O3. The van der Waals surface area contributed by atoms with Gasteiger partial charge in [0.05, 0.1) is 24.0 Å². The molecule has 0 unspecified atom stereocenters. The maximum absolute atomic E-state index is 15.0. The number of benzene rings is 4. The zero-order valence-electron chi connectivity index (χ0n) is 28.7. The van der Waals surface area contributed by atoms with Gasteiger partial charge in [-0.15, -0.1) is 0 Å². The second kappa shape index (κ2) is 17.2. The number of hydrogen-bond donors (Lipinski definition) is 2. The van der Waals surface area contributed by atoms with E-state index in [1.54, 1.807) is 0 Å². The molecule has 3 atom stereocenters. The highest BCUT2D eigenvalue weighted by molar-refractivity contribution is 5.93. The predicted molar refractivity (Wildman–Crippen MR) is 186 cm³/mol. The van der Waals surface area contributed by atoms with Gasteiger partial charge in [0.2, 0.25) is 5.91 Å². The van der Waals surface area contributed by atoms with Crippen molar-refractivity contribution < 1.29 is 31.8 Å². The number of ether oxygens (including phenoxy) is 2. The fourth-order valence-electron chi connectivity index (χ4n) is 5.55. The molecular weight excluding hydrogens is 634 g/mol. The van der Waals surface area contributed by atoms with Gasteiger partial charge < -0.3 is 20.1 Å². The summed E-state index contributed by atoms with van der Waals surface area (Å²) in [5.74, 6) is -4.32. The molecule has 0 saturated carbocycles. The molecule has 1 heterocycles. The quantitative estimate of drug-likeness (QED) is 0.130. The molecule has 4 aromatic carbocycles. The van der Waals surface area contributed by atoms with Crippen molar-refractivity contribution in [3.63, 3.8) is 0 Å². The van der Waals surface area contributed by atoms with Crippen LogP contribution in [0.4, 0.5) is 28.9 Å². The summed E-state index contributed by atoms with van der Waals surface area (Å²) in [5, 5.41) is 6.09. The van der Waals surface area contributed by atoms with Gasteiger partial charge in [0.25, 0.3) is 0 Å². The zero-order valence-corrected chi connectivity index (χ0v) is 28.7. The minimum absolute atomic E-state index is 0.0107. The van der Waals surface area contributed by atoms with Crippen molar-refractivity contribution in [3.8, 4) is 5.75 Å². The highest BCUT2D eigenvalue weighted by Crippen LogP contribution is 2.33. The minimum Gasteiger partial charge on any atom is -0.486 e. The predicted octanol–water partition coefficient (Wildman–Crippen LogP) is 8.88. The number of aryl methyl sites for hydroxylation is 3. The van der Waals surface area contributed by atoms with E-state index in [2.05, 4.69) is 36.6 Å². The van der Waals surface area contributed by atoms with Crippen LogP contribution in [0.5, 0.6) is 5.75 Å². The first-order chi connectivity index (χ1) is 23.5. The summed E-state index contributed by atoms with van der Waals surface area (Å²) in [6.07, 6.45) is -0.652. The molecule has 1 fully saturated rings. The first-order valence-electron chi connectivity index (χ1n) is 16.4. The molecule has 1 amide bonds. The van der Waals surface area contributed by atoms with E-state index in [1.807, 2.05) is 27.7 Å². The first kappa shape index (κ1) is 37.3. The SMILES string of the molecule is CC.CC(=Nc1cc(C)c(C)cc1C)[C@@H]1CO[C@H](COc2c(F)cccc2NC(=O)C[C@@H](c2ccc(F)cc2)c2cc(F)cc(F)c2)CN1. The summed E-state index contributed by atoms with van der Waals surface area (Å²) in [4.78, 5) is 18.1. The van der Waals surface area contributed by atoms with Gasteiger partial charge in [0.1, 0.15) is 30.2 Å². The lowest BCUT2D eigenvalue weighted by atomic mass is 9.88. The standard InChI is InChI=1S/C37H37F4N3O3.C2H6/c1-21-12-23(3)34(13-22(21)2)43-24(4)35-20-46-30(18-42-35)19-47-37-32(41)6-5-7-33(37)44-36(45)17-31(25-8-10-27(38)11-9-25)26-14-28(39)16-29(40)15-26;1-2/h5-16,30-31,35,42H,17-20H2,1-4H3,(H,44,45);1-2H3/t30-,31-,35-;/m0./s1. The molecule has 0 radical (unpaired) electrons. The Kier molecular flexibility index (Phi) is 13.1. The summed E-state index contributed by atoms with van der Waals surface area (Å²) < 4.78 is 68.6. The lowest BCUT2D eigenvalue weighted by Crippen LogP contribution is -2.51. The molecule has 5 rings (SSSR count). The van der Waals surface area contributed by atoms with E-state index in [-0.39, 0.29) is 36.1 Å². The van der Waals surface area contributed by atoms with Crippen LogP contribution in [0.15, 0.2) is 77.8 Å². The summed E-state index contributed by atoms with van der Waals surface area (Å²) in [6, 6.07) is 16.5. The van der Waals surface area contributed by atoms with Crippen molar-refractivity contribution in [2.24, 2.45) is 4.99 Å². The fraction of sp³-hybridized carbons (Fsp3) is 0.333. The number of amides is 1. The average Bonchev–Trinajstić information content (AvgIpc) is 3.07. The summed E-state index contributed by atoms with van der Waals surface area (Å²) in [7, 11) is 0. The highest BCUT2D eigenvalue weighted by atomic mass is 19.1. The van der Waals surface area contributed by atoms with Gasteiger partial charge >= 0.3 is 0 Å². The molecule has 0 aliphatic carbocycles. The summed E-state index contributed by atoms with van der Waals surface area (Å²) >= 11 is 0. The molecule has 10 heteroatoms. The Morgan fingerprint density at radius 1 is 0.898 bits per heavy atom. The second-order valence-electron chi connectivity index (χ2n) is 11.9. The number of aliphatic imine (C=N–C) groups is 1. The number of carbonyl (C=O) groups is 1. The first-order valence-corrected chi connectivity index (χ1v) is 16.4. The van der Waals surface area contributed by atoms with Crippen molar-refractivity contribution in [2.75, 3.05) is 25.1 Å². The average molecular weight is 678 g/mol. The smallest absolute Gasteiger partial charge is 0.225 e. The lowest BCUT2D eigenvalue weighted by molar-refractivity contribution is -0.116. The van der Waals surface area contributed by atoms with Gasteiger partial charge in [-0.3, -0.25) is 9.79 Å². The van der Waals surface area contributed by atoms with Crippen LogP contribution in [-0.4, -0.2) is 43.5 Å². The Labute approximate surface area is 285 Å². The Morgan fingerprint density at radius 2 is 1.57 bits per heavy atom. The van der Waals surface area contributed by atoms with E-state index in [9.17, 15) is 22.4 Å². The van der Waals surface area contributed by atoms with Crippen LogP contribution in [0.1, 0.15) is 60.9 Å². The minimum atomic E-state index is -0.807. The molecule has 260 valence electrons. The van der Waals surface area contributed by atoms with Crippen molar-refractivity contribution >= 4 is 23.0 Å². The number of nitrogens with zero attached hydrogens (tertiary/aromatic N) is 1. The van der Waals surface area contributed by atoms with Crippen LogP contribution in [0.2, 0.25) is 0 Å². The molecule has 1 aliphatic heterocycles. The normalized spacial score (nSPS) is 16.7. The molecule has 1 saturated heterocycles. The van der Waals surface area contributed by atoms with E-state index in [0.717, 1.165) is 35.2 Å². The highest BCUT2D eigenvalue weighted by Gasteiger charge is 2.26. The molecule has 2 N–H and O–H groups in total. The summed E-state index contributed by atoms with van der Waals surface area (Å²) in [6.45, 7) is 12.9. The third kappa shape index (κ3) is 9.99. The molecule has 1 aliphatic rings. The molecule has 49 heavy (non-hydrogen) atoms. The van der Waals surface area contributed by atoms with Crippen molar-refractivity contribution in [1.82, 2.24) is 5.32 Å². The van der Waals surface area contributed by atoms with Gasteiger partial charge in [-0.25, -0.2) is 17.6 Å². The maximum atomic E-state index is 15.0. The molecule has 0 spiro atoms. The molecule has 6 nitrogen and oxygen atoms in total. The maximum Gasteiger partial charge on any atom is 0.225 e. The molecule has 0 aromatic heterocycles. The van der Waals surface area contributed by atoms with Crippen LogP contribution in [-0.2, 0) is 9.53 Å².